The number of hydrogen-bond donors (Lipinski definition) is 1. The molecule has 0 rings (SSSR count). The summed E-state index contributed by atoms with van der Waals surface area (Å²) in [5.74, 6) is -0.0545. The molecule has 0 atom stereocenters. The molecule has 108 valence electrons. The van der Waals surface area contributed by atoms with Crippen LogP contribution in [0.1, 0.15) is 78.6 Å². The molecule has 0 heterocycles. The van der Waals surface area contributed by atoms with Crippen molar-refractivity contribution in [3.05, 3.63) is 0 Å². The molecule has 3 heteroatoms. The lowest BCUT2D eigenvalue weighted by atomic mass is 10.1. The van der Waals surface area contributed by atoms with Crippen molar-refractivity contribution < 1.29 is 9.53 Å². The third-order valence-corrected chi connectivity index (χ3v) is 3.18. The Kier molecular flexibility index (Phi) is 10.6. The van der Waals surface area contributed by atoms with E-state index in [9.17, 15) is 4.79 Å². The summed E-state index contributed by atoms with van der Waals surface area (Å²) in [6.45, 7) is 6.77. The van der Waals surface area contributed by atoms with Gasteiger partial charge in [-0.15, -0.1) is 0 Å². The Morgan fingerprint density at radius 2 is 1.61 bits per heavy atom. The molecule has 0 aromatic heterocycles. The standard InChI is InChI=1S/C15H30O2S/c1-4-5-6-7-8-9-10-11-14(16)17-13-12-15(2,3)18/h18H,4-13H2,1-3H3. The van der Waals surface area contributed by atoms with Gasteiger partial charge in [0.05, 0.1) is 6.61 Å². The minimum atomic E-state index is -0.0560. The van der Waals surface area contributed by atoms with Crippen molar-refractivity contribution in [2.24, 2.45) is 0 Å². The smallest absolute Gasteiger partial charge is 0.305 e. The Bertz CT molecular complexity index is 209. The minimum Gasteiger partial charge on any atom is -0.466 e. The summed E-state index contributed by atoms with van der Waals surface area (Å²) in [5, 5.41) is 0. The molecule has 0 saturated carbocycles. The number of ether oxygens (including phenoxy) is 1. The number of rotatable bonds is 11. The monoisotopic (exact) mass is 274 g/mol. The van der Waals surface area contributed by atoms with Crippen LogP contribution in [0, 0.1) is 0 Å². The van der Waals surface area contributed by atoms with Gasteiger partial charge in [0.1, 0.15) is 0 Å². The number of unbranched alkanes of at least 4 members (excludes halogenated alkanes) is 6. The predicted octanol–water partition coefficient (Wildman–Crippen LogP) is 4.77. The summed E-state index contributed by atoms with van der Waals surface area (Å²) >= 11 is 4.39. The van der Waals surface area contributed by atoms with Gasteiger partial charge in [-0.25, -0.2) is 0 Å². The van der Waals surface area contributed by atoms with Crippen LogP contribution in [0.2, 0.25) is 0 Å². The molecule has 0 aromatic rings. The maximum Gasteiger partial charge on any atom is 0.305 e. The summed E-state index contributed by atoms with van der Waals surface area (Å²) in [6.07, 6.45) is 9.99. The van der Waals surface area contributed by atoms with E-state index < -0.39 is 0 Å². The van der Waals surface area contributed by atoms with E-state index in [0.29, 0.717) is 13.0 Å². The van der Waals surface area contributed by atoms with E-state index in [1.54, 1.807) is 0 Å². The van der Waals surface area contributed by atoms with Crippen LogP contribution >= 0.6 is 12.6 Å². The highest BCUT2D eigenvalue weighted by Crippen LogP contribution is 2.16. The molecular formula is C15H30O2S. The molecule has 0 amide bonds. The molecule has 18 heavy (non-hydrogen) atoms. The van der Waals surface area contributed by atoms with E-state index in [1.807, 2.05) is 13.8 Å². The van der Waals surface area contributed by atoms with E-state index in [1.165, 1.54) is 32.1 Å². The van der Waals surface area contributed by atoms with Crippen LogP contribution in [-0.2, 0) is 9.53 Å². The highest BCUT2D eigenvalue weighted by Gasteiger charge is 2.12. The first kappa shape index (κ1) is 17.8. The van der Waals surface area contributed by atoms with Crippen LogP contribution in [0.25, 0.3) is 0 Å². The van der Waals surface area contributed by atoms with Gasteiger partial charge in [0, 0.05) is 11.2 Å². The van der Waals surface area contributed by atoms with E-state index in [2.05, 4.69) is 19.6 Å². The first-order valence-corrected chi connectivity index (χ1v) is 7.78. The lowest BCUT2D eigenvalue weighted by molar-refractivity contribution is -0.144. The predicted molar refractivity (Wildman–Crippen MR) is 81.3 cm³/mol. The number of hydrogen-bond acceptors (Lipinski definition) is 3. The molecule has 0 fully saturated rings. The van der Waals surface area contributed by atoms with Gasteiger partial charge in [0.15, 0.2) is 0 Å². The molecule has 2 nitrogen and oxygen atoms in total. The largest absolute Gasteiger partial charge is 0.466 e. The van der Waals surface area contributed by atoms with Gasteiger partial charge in [0.25, 0.3) is 0 Å². The number of carbonyl (C=O) groups excluding carboxylic acids is 1. The van der Waals surface area contributed by atoms with Gasteiger partial charge >= 0.3 is 5.97 Å². The fraction of sp³-hybridized carbons (Fsp3) is 0.933. The SMILES string of the molecule is CCCCCCCCCC(=O)OCCC(C)(C)S. The van der Waals surface area contributed by atoms with Crippen LogP contribution in [-0.4, -0.2) is 17.3 Å². The van der Waals surface area contributed by atoms with Crippen molar-refractivity contribution in [3.63, 3.8) is 0 Å². The van der Waals surface area contributed by atoms with Crippen molar-refractivity contribution in [1.29, 1.82) is 0 Å². The van der Waals surface area contributed by atoms with Crippen LogP contribution in [0.15, 0.2) is 0 Å². The summed E-state index contributed by atoms with van der Waals surface area (Å²) in [4.78, 5) is 11.4. The Labute approximate surface area is 118 Å². The summed E-state index contributed by atoms with van der Waals surface area (Å²) in [6, 6.07) is 0. The quantitative estimate of drug-likeness (QED) is 0.334. The molecule has 0 aromatic carbocycles. The molecule has 0 aliphatic carbocycles. The summed E-state index contributed by atoms with van der Waals surface area (Å²) < 4.78 is 5.12. The van der Waals surface area contributed by atoms with Crippen molar-refractivity contribution >= 4 is 18.6 Å². The van der Waals surface area contributed by atoms with Gasteiger partial charge < -0.3 is 4.74 Å². The second-order valence-corrected chi connectivity index (χ2v) is 6.86. The molecule has 0 spiro atoms. The zero-order valence-electron chi connectivity index (χ0n) is 12.3. The zero-order chi connectivity index (χ0) is 13.9. The number of esters is 1. The van der Waals surface area contributed by atoms with E-state index >= 15 is 0 Å². The zero-order valence-corrected chi connectivity index (χ0v) is 13.2. The number of thiol groups is 1. The molecule has 0 bridgehead atoms. The van der Waals surface area contributed by atoms with Crippen LogP contribution < -0.4 is 0 Å². The van der Waals surface area contributed by atoms with Crippen molar-refractivity contribution in [3.8, 4) is 0 Å². The fourth-order valence-corrected chi connectivity index (χ4v) is 1.80. The molecule has 0 radical (unpaired) electrons. The molecule has 0 aliphatic rings. The average molecular weight is 274 g/mol. The Morgan fingerprint density at radius 3 is 2.17 bits per heavy atom. The Hall–Kier alpha value is -0.180. The molecular weight excluding hydrogens is 244 g/mol. The number of carbonyl (C=O) groups is 1. The molecule has 0 aliphatic heterocycles. The van der Waals surface area contributed by atoms with Gasteiger partial charge in [-0.3, -0.25) is 4.79 Å². The van der Waals surface area contributed by atoms with Crippen molar-refractivity contribution in [2.75, 3.05) is 6.61 Å². The van der Waals surface area contributed by atoms with Crippen LogP contribution in [0.3, 0.4) is 0 Å². The lowest BCUT2D eigenvalue weighted by Crippen LogP contribution is -2.16. The first-order chi connectivity index (χ1) is 8.45. The van der Waals surface area contributed by atoms with Crippen molar-refractivity contribution in [2.45, 2.75) is 83.3 Å². The van der Waals surface area contributed by atoms with E-state index in [-0.39, 0.29) is 10.7 Å². The fourth-order valence-electron chi connectivity index (χ4n) is 1.71. The van der Waals surface area contributed by atoms with E-state index in [4.69, 9.17) is 4.74 Å². The highest BCUT2D eigenvalue weighted by molar-refractivity contribution is 7.81. The molecule has 0 N–H and O–H groups in total. The third-order valence-electron chi connectivity index (χ3n) is 2.96. The summed E-state index contributed by atoms with van der Waals surface area (Å²) in [7, 11) is 0. The lowest BCUT2D eigenvalue weighted by Gasteiger charge is -2.16. The van der Waals surface area contributed by atoms with Gasteiger partial charge in [-0.2, -0.15) is 12.6 Å². The molecule has 0 unspecified atom stereocenters. The normalized spacial score (nSPS) is 11.6. The molecule has 0 saturated heterocycles. The van der Waals surface area contributed by atoms with Crippen LogP contribution in [0.5, 0.6) is 0 Å². The van der Waals surface area contributed by atoms with Crippen molar-refractivity contribution in [1.82, 2.24) is 0 Å². The second kappa shape index (κ2) is 10.7. The summed E-state index contributed by atoms with van der Waals surface area (Å²) in [5.41, 5.74) is 0. The minimum absolute atomic E-state index is 0.0545. The van der Waals surface area contributed by atoms with Crippen LogP contribution in [0.4, 0.5) is 0 Å². The maximum absolute atomic E-state index is 11.4. The van der Waals surface area contributed by atoms with E-state index in [0.717, 1.165) is 19.3 Å². The Morgan fingerprint density at radius 1 is 1.06 bits per heavy atom. The third kappa shape index (κ3) is 13.9. The van der Waals surface area contributed by atoms with Gasteiger partial charge in [-0.1, -0.05) is 59.3 Å². The van der Waals surface area contributed by atoms with Gasteiger partial charge in [-0.05, 0) is 12.8 Å². The highest BCUT2D eigenvalue weighted by atomic mass is 32.1. The average Bonchev–Trinajstić information content (AvgIpc) is 2.26. The second-order valence-electron chi connectivity index (χ2n) is 5.65. The first-order valence-electron chi connectivity index (χ1n) is 7.33. The van der Waals surface area contributed by atoms with Gasteiger partial charge in [0.2, 0.25) is 0 Å². The maximum atomic E-state index is 11.4. The Balaban J connectivity index is 3.27. The topological polar surface area (TPSA) is 26.3 Å².